The van der Waals surface area contributed by atoms with Crippen LogP contribution in [0.3, 0.4) is 0 Å². The molecule has 2 amide bonds. The van der Waals surface area contributed by atoms with Crippen molar-refractivity contribution in [3.63, 3.8) is 0 Å². The Morgan fingerprint density at radius 3 is 2.32 bits per heavy atom. The van der Waals surface area contributed by atoms with E-state index in [1.54, 1.807) is 6.07 Å². The van der Waals surface area contributed by atoms with Crippen LogP contribution in [0.2, 0.25) is 10.0 Å². The maximum atomic E-state index is 12.1. The molecule has 2 aromatic rings. The molecule has 2 rings (SSSR count). The summed E-state index contributed by atoms with van der Waals surface area (Å²) in [6.45, 7) is 1.10. The first-order valence-electron chi connectivity index (χ1n) is 7.78. The highest BCUT2D eigenvalue weighted by molar-refractivity contribution is 7.90. The standard InChI is InChI=1S/C18H16Cl2N2O5S/c1-11(23)22-28(25,26)15-6-4-14(5-7-15)21-17(24)8-3-12-9-13(19)10-16(20)18(12)27-2/h3-10H,1-2H3,(H,21,24)(H,22,23). The molecule has 0 aliphatic carbocycles. The van der Waals surface area contributed by atoms with Crippen LogP contribution in [0.1, 0.15) is 12.5 Å². The molecule has 10 heteroatoms. The van der Waals surface area contributed by atoms with E-state index < -0.39 is 21.8 Å². The van der Waals surface area contributed by atoms with Crippen molar-refractivity contribution in [1.82, 2.24) is 4.72 Å². The van der Waals surface area contributed by atoms with Gasteiger partial charge in [-0.15, -0.1) is 0 Å². The first-order chi connectivity index (χ1) is 13.1. The molecule has 2 N–H and O–H groups in total. The number of nitrogens with one attached hydrogen (secondary N) is 2. The van der Waals surface area contributed by atoms with E-state index in [1.807, 2.05) is 4.72 Å². The summed E-state index contributed by atoms with van der Waals surface area (Å²) in [6.07, 6.45) is 2.74. The minimum atomic E-state index is -3.93. The molecule has 28 heavy (non-hydrogen) atoms. The second kappa shape index (κ2) is 9.09. The summed E-state index contributed by atoms with van der Waals surface area (Å²) >= 11 is 12.0. The number of hydrogen-bond donors (Lipinski definition) is 2. The van der Waals surface area contributed by atoms with Gasteiger partial charge in [0.05, 0.1) is 17.0 Å². The van der Waals surface area contributed by atoms with Crippen molar-refractivity contribution in [2.45, 2.75) is 11.8 Å². The molecule has 2 aromatic carbocycles. The zero-order chi connectivity index (χ0) is 20.9. The van der Waals surface area contributed by atoms with Crippen LogP contribution in [0.4, 0.5) is 5.69 Å². The van der Waals surface area contributed by atoms with Gasteiger partial charge in [0.15, 0.2) is 0 Å². The highest BCUT2D eigenvalue weighted by atomic mass is 35.5. The third-order valence-corrected chi connectivity index (χ3v) is 5.31. The molecule has 0 aliphatic rings. The van der Waals surface area contributed by atoms with Gasteiger partial charge in [-0.3, -0.25) is 9.59 Å². The van der Waals surface area contributed by atoms with Crippen molar-refractivity contribution in [3.8, 4) is 5.75 Å². The van der Waals surface area contributed by atoms with Crippen LogP contribution >= 0.6 is 23.2 Å². The average molecular weight is 443 g/mol. The van der Waals surface area contributed by atoms with Crippen molar-refractivity contribution in [2.75, 3.05) is 12.4 Å². The second-order valence-corrected chi connectivity index (χ2v) is 8.04. The highest BCUT2D eigenvalue weighted by Gasteiger charge is 2.15. The molecular weight excluding hydrogens is 427 g/mol. The molecule has 148 valence electrons. The molecule has 0 saturated heterocycles. The summed E-state index contributed by atoms with van der Waals surface area (Å²) in [5.41, 5.74) is 0.888. The van der Waals surface area contributed by atoms with Gasteiger partial charge in [0, 0.05) is 29.3 Å². The van der Waals surface area contributed by atoms with E-state index in [1.165, 1.54) is 49.6 Å². The smallest absolute Gasteiger partial charge is 0.264 e. The number of halogens is 2. The lowest BCUT2D eigenvalue weighted by molar-refractivity contribution is -0.117. The number of rotatable bonds is 6. The minimum Gasteiger partial charge on any atom is -0.495 e. The molecular formula is C18H16Cl2N2O5S. The summed E-state index contributed by atoms with van der Waals surface area (Å²) < 4.78 is 30.8. The lowest BCUT2D eigenvalue weighted by atomic mass is 10.2. The monoisotopic (exact) mass is 442 g/mol. The van der Waals surface area contributed by atoms with Crippen LogP contribution in [0.25, 0.3) is 6.08 Å². The third kappa shape index (κ3) is 5.72. The zero-order valence-electron chi connectivity index (χ0n) is 14.8. The molecule has 0 fully saturated rings. The third-order valence-electron chi connectivity index (χ3n) is 3.37. The SMILES string of the molecule is COc1c(Cl)cc(Cl)cc1C=CC(=O)Nc1ccc(S(=O)(=O)NC(C)=O)cc1. The maximum Gasteiger partial charge on any atom is 0.264 e. The zero-order valence-corrected chi connectivity index (χ0v) is 17.2. The fourth-order valence-electron chi connectivity index (χ4n) is 2.23. The Morgan fingerprint density at radius 2 is 1.75 bits per heavy atom. The summed E-state index contributed by atoms with van der Waals surface area (Å²) in [5.74, 6) is -0.780. The van der Waals surface area contributed by atoms with Crippen LogP contribution in [-0.2, 0) is 19.6 Å². The molecule has 0 radical (unpaired) electrons. The number of carbonyl (C=O) groups is 2. The lowest BCUT2D eigenvalue weighted by Gasteiger charge is -2.08. The number of methoxy groups -OCH3 is 1. The maximum absolute atomic E-state index is 12.1. The number of amides is 2. The number of anilines is 1. The van der Waals surface area contributed by atoms with Gasteiger partial charge >= 0.3 is 0 Å². The average Bonchev–Trinajstić information content (AvgIpc) is 2.59. The second-order valence-electron chi connectivity index (χ2n) is 5.52. The molecule has 0 unspecified atom stereocenters. The molecule has 0 saturated carbocycles. The number of hydrogen-bond acceptors (Lipinski definition) is 5. The first kappa shape index (κ1) is 21.7. The first-order valence-corrected chi connectivity index (χ1v) is 10.0. The largest absolute Gasteiger partial charge is 0.495 e. The highest BCUT2D eigenvalue weighted by Crippen LogP contribution is 2.33. The molecule has 0 spiro atoms. The Kier molecular flexibility index (Phi) is 7.06. The Labute approximate surface area is 172 Å². The predicted molar refractivity (Wildman–Crippen MR) is 108 cm³/mol. The topological polar surface area (TPSA) is 102 Å². The summed E-state index contributed by atoms with van der Waals surface area (Å²) in [5, 5.41) is 3.29. The Morgan fingerprint density at radius 1 is 1.11 bits per heavy atom. The fourth-order valence-corrected chi connectivity index (χ4v) is 3.81. The molecule has 7 nitrogen and oxygen atoms in total. The van der Waals surface area contributed by atoms with Crippen LogP contribution in [0, 0.1) is 0 Å². The van der Waals surface area contributed by atoms with Gasteiger partial charge < -0.3 is 10.1 Å². The van der Waals surface area contributed by atoms with E-state index in [2.05, 4.69) is 5.32 Å². The van der Waals surface area contributed by atoms with Gasteiger partial charge in [0.25, 0.3) is 10.0 Å². The quantitative estimate of drug-likeness (QED) is 0.666. The number of ether oxygens (including phenoxy) is 1. The Balaban J connectivity index is 2.12. The van der Waals surface area contributed by atoms with Crippen molar-refractivity contribution in [1.29, 1.82) is 0 Å². The van der Waals surface area contributed by atoms with Crippen LogP contribution in [-0.4, -0.2) is 27.3 Å². The summed E-state index contributed by atoms with van der Waals surface area (Å²) in [7, 11) is -2.48. The van der Waals surface area contributed by atoms with Crippen LogP contribution in [0.5, 0.6) is 5.75 Å². The molecule has 0 heterocycles. The Bertz CT molecular complexity index is 1030. The van der Waals surface area contributed by atoms with Gasteiger partial charge in [0.2, 0.25) is 11.8 Å². The lowest BCUT2D eigenvalue weighted by Crippen LogP contribution is -2.28. The number of benzene rings is 2. The molecule has 0 aromatic heterocycles. The van der Waals surface area contributed by atoms with Crippen molar-refractivity contribution >= 4 is 56.8 Å². The van der Waals surface area contributed by atoms with Gasteiger partial charge in [-0.25, -0.2) is 13.1 Å². The minimum absolute atomic E-state index is 0.102. The molecule has 0 aliphatic heterocycles. The number of sulfonamides is 1. The van der Waals surface area contributed by atoms with Gasteiger partial charge in [0.1, 0.15) is 5.75 Å². The fraction of sp³-hybridized carbons (Fsp3) is 0.111. The van der Waals surface area contributed by atoms with E-state index in [0.717, 1.165) is 6.92 Å². The van der Waals surface area contributed by atoms with Crippen LogP contribution < -0.4 is 14.8 Å². The van der Waals surface area contributed by atoms with Crippen molar-refractivity contribution in [3.05, 3.63) is 58.1 Å². The number of carbonyl (C=O) groups excluding carboxylic acids is 2. The van der Waals surface area contributed by atoms with Gasteiger partial charge in [-0.2, -0.15) is 0 Å². The van der Waals surface area contributed by atoms with Crippen LogP contribution in [0.15, 0.2) is 47.4 Å². The van der Waals surface area contributed by atoms with E-state index >= 15 is 0 Å². The van der Waals surface area contributed by atoms with E-state index in [9.17, 15) is 18.0 Å². The van der Waals surface area contributed by atoms with Gasteiger partial charge in [-0.1, -0.05) is 23.2 Å². The molecule has 0 atom stereocenters. The predicted octanol–water partition coefficient (Wildman–Crippen LogP) is 3.48. The normalized spacial score (nSPS) is 11.3. The molecule has 0 bridgehead atoms. The van der Waals surface area contributed by atoms with E-state index in [0.29, 0.717) is 27.0 Å². The Hall–Kier alpha value is -2.55. The summed E-state index contributed by atoms with van der Waals surface area (Å²) in [6, 6.07) is 8.46. The van der Waals surface area contributed by atoms with E-state index in [-0.39, 0.29) is 4.90 Å². The van der Waals surface area contributed by atoms with Crippen molar-refractivity contribution in [2.24, 2.45) is 0 Å². The van der Waals surface area contributed by atoms with Crippen molar-refractivity contribution < 1.29 is 22.7 Å². The van der Waals surface area contributed by atoms with Gasteiger partial charge in [-0.05, 0) is 42.5 Å². The van der Waals surface area contributed by atoms with E-state index in [4.69, 9.17) is 27.9 Å². The summed E-state index contributed by atoms with van der Waals surface area (Å²) in [4.78, 5) is 22.9.